The summed E-state index contributed by atoms with van der Waals surface area (Å²) in [4.78, 5) is 23.4. The van der Waals surface area contributed by atoms with Crippen LogP contribution in [0.1, 0.15) is 24.3 Å². The molecule has 1 unspecified atom stereocenters. The number of rotatable bonds is 9. The highest BCUT2D eigenvalue weighted by atomic mass is 16.4. The van der Waals surface area contributed by atoms with Gasteiger partial charge in [0.05, 0.1) is 5.92 Å². The Morgan fingerprint density at radius 3 is 2.19 bits per heavy atom. The number of benzene rings is 1. The number of hydrogen-bond donors (Lipinski definition) is 2. The molecule has 0 radical (unpaired) electrons. The first-order valence-corrected chi connectivity index (χ1v) is 6.87. The zero-order valence-corrected chi connectivity index (χ0v) is 12.0. The Balaban J connectivity index is 2.69. The molecule has 1 aromatic carbocycles. The Bertz CT molecular complexity index is 486. The molecule has 0 aliphatic heterocycles. The van der Waals surface area contributed by atoms with Crippen molar-refractivity contribution in [2.75, 3.05) is 6.54 Å². The zero-order chi connectivity index (χ0) is 15.7. The number of carboxylic acid groups (broad SMARTS) is 1. The fraction of sp³-hybridized carbons (Fsp3) is 0.294. The van der Waals surface area contributed by atoms with Crippen molar-refractivity contribution in [2.45, 2.75) is 18.8 Å². The molecule has 0 fully saturated rings. The van der Waals surface area contributed by atoms with E-state index in [-0.39, 0.29) is 18.4 Å². The Hall–Kier alpha value is -2.36. The third-order valence-corrected chi connectivity index (χ3v) is 3.25. The molecule has 0 spiro atoms. The predicted octanol–water partition coefficient (Wildman–Crippen LogP) is 2.74. The van der Waals surface area contributed by atoms with E-state index in [0.29, 0.717) is 18.4 Å². The molecule has 0 saturated carbocycles. The second-order valence-electron chi connectivity index (χ2n) is 4.79. The Labute approximate surface area is 125 Å². The van der Waals surface area contributed by atoms with Crippen LogP contribution in [-0.4, -0.2) is 23.5 Å². The lowest BCUT2D eigenvalue weighted by atomic mass is 9.97. The zero-order valence-electron chi connectivity index (χ0n) is 12.0. The quantitative estimate of drug-likeness (QED) is 0.686. The van der Waals surface area contributed by atoms with Gasteiger partial charge in [0.1, 0.15) is 0 Å². The average molecular weight is 287 g/mol. The minimum absolute atomic E-state index is 0.0724. The fourth-order valence-electron chi connectivity index (χ4n) is 2.09. The highest BCUT2D eigenvalue weighted by Crippen LogP contribution is 2.16. The summed E-state index contributed by atoms with van der Waals surface area (Å²) >= 11 is 0. The third kappa shape index (κ3) is 5.26. The van der Waals surface area contributed by atoms with Crippen LogP contribution in [0.25, 0.3) is 0 Å². The van der Waals surface area contributed by atoms with Crippen LogP contribution in [-0.2, 0) is 9.59 Å². The van der Waals surface area contributed by atoms with Crippen molar-refractivity contribution >= 4 is 11.9 Å². The molecular formula is C17H21NO3. The first-order chi connectivity index (χ1) is 10.1. The van der Waals surface area contributed by atoms with Gasteiger partial charge in [-0.2, -0.15) is 0 Å². The van der Waals surface area contributed by atoms with Crippen LogP contribution in [0.5, 0.6) is 0 Å². The van der Waals surface area contributed by atoms with Crippen molar-refractivity contribution in [2.24, 2.45) is 5.92 Å². The van der Waals surface area contributed by atoms with Gasteiger partial charge in [-0.15, -0.1) is 13.2 Å². The molecule has 2 N–H and O–H groups in total. The van der Waals surface area contributed by atoms with E-state index in [1.165, 1.54) is 0 Å². The normalized spacial score (nSPS) is 11.7. The lowest BCUT2D eigenvalue weighted by Crippen LogP contribution is -2.35. The number of amides is 1. The molecule has 112 valence electrons. The highest BCUT2D eigenvalue weighted by Gasteiger charge is 2.22. The molecule has 1 amide bonds. The lowest BCUT2D eigenvalue weighted by molar-refractivity contribution is -0.138. The third-order valence-electron chi connectivity index (χ3n) is 3.25. The monoisotopic (exact) mass is 287 g/mol. The highest BCUT2D eigenvalue weighted by molar-refractivity contribution is 5.81. The van der Waals surface area contributed by atoms with Gasteiger partial charge in [0.15, 0.2) is 0 Å². The second-order valence-corrected chi connectivity index (χ2v) is 4.79. The van der Waals surface area contributed by atoms with Gasteiger partial charge in [-0.25, -0.2) is 0 Å². The van der Waals surface area contributed by atoms with Gasteiger partial charge in [-0.05, 0) is 18.4 Å². The van der Waals surface area contributed by atoms with E-state index < -0.39 is 11.9 Å². The maximum atomic E-state index is 12.1. The molecule has 4 heteroatoms. The maximum absolute atomic E-state index is 12.1. The first kappa shape index (κ1) is 16.7. The minimum Gasteiger partial charge on any atom is -0.481 e. The van der Waals surface area contributed by atoms with Crippen LogP contribution in [0.4, 0.5) is 0 Å². The summed E-state index contributed by atoms with van der Waals surface area (Å²) in [6.07, 6.45) is 4.45. The Morgan fingerprint density at radius 1 is 1.14 bits per heavy atom. The summed E-state index contributed by atoms with van der Waals surface area (Å²) in [5, 5.41) is 12.0. The molecule has 0 aromatic heterocycles. The molecule has 0 saturated heterocycles. The standard InChI is InChI=1S/C17H21NO3/c1-3-8-14(9-4-2)16(19)18-12-15(17(20)21)13-10-6-5-7-11-13/h3-7,10-11,14-15H,1-2,8-9,12H2,(H,18,19)(H,20,21). The summed E-state index contributed by atoms with van der Waals surface area (Å²) in [5.41, 5.74) is 0.675. The van der Waals surface area contributed by atoms with Crippen LogP contribution in [0, 0.1) is 5.92 Å². The summed E-state index contributed by atoms with van der Waals surface area (Å²) in [6.45, 7) is 7.33. The lowest BCUT2D eigenvalue weighted by Gasteiger charge is -2.17. The van der Waals surface area contributed by atoms with Crippen molar-refractivity contribution in [1.82, 2.24) is 5.32 Å². The molecular weight excluding hydrogens is 266 g/mol. The molecule has 0 aliphatic carbocycles. The molecule has 4 nitrogen and oxygen atoms in total. The summed E-state index contributed by atoms with van der Waals surface area (Å²) < 4.78 is 0. The van der Waals surface area contributed by atoms with E-state index in [0.717, 1.165) is 0 Å². The predicted molar refractivity (Wildman–Crippen MR) is 82.9 cm³/mol. The molecule has 0 bridgehead atoms. The van der Waals surface area contributed by atoms with Crippen molar-refractivity contribution in [3.63, 3.8) is 0 Å². The number of aliphatic carboxylic acids is 1. The number of allylic oxidation sites excluding steroid dienone is 2. The van der Waals surface area contributed by atoms with E-state index >= 15 is 0 Å². The van der Waals surface area contributed by atoms with Crippen LogP contribution < -0.4 is 5.32 Å². The number of carboxylic acids is 1. The second kappa shape index (κ2) is 8.74. The topological polar surface area (TPSA) is 66.4 Å². The van der Waals surface area contributed by atoms with Crippen LogP contribution in [0.3, 0.4) is 0 Å². The molecule has 1 atom stereocenters. The smallest absolute Gasteiger partial charge is 0.312 e. The van der Waals surface area contributed by atoms with Crippen molar-refractivity contribution in [1.29, 1.82) is 0 Å². The fourth-order valence-corrected chi connectivity index (χ4v) is 2.09. The van der Waals surface area contributed by atoms with E-state index in [1.54, 1.807) is 36.4 Å². The van der Waals surface area contributed by atoms with E-state index in [2.05, 4.69) is 18.5 Å². The number of carbonyl (C=O) groups excluding carboxylic acids is 1. The van der Waals surface area contributed by atoms with Gasteiger partial charge in [0.2, 0.25) is 5.91 Å². The van der Waals surface area contributed by atoms with E-state index in [1.807, 2.05) is 6.07 Å². The van der Waals surface area contributed by atoms with E-state index in [4.69, 9.17) is 0 Å². The van der Waals surface area contributed by atoms with E-state index in [9.17, 15) is 14.7 Å². The van der Waals surface area contributed by atoms with Gasteiger partial charge in [-0.1, -0.05) is 42.5 Å². The molecule has 0 aliphatic rings. The summed E-state index contributed by atoms with van der Waals surface area (Å²) in [7, 11) is 0. The molecule has 1 aromatic rings. The van der Waals surface area contributed by atoms with Crippen LogP contribution in [0.2, 0.25) is 0 Å². The molecule has 1 rings (SSSR count). The van der Waals surface area contributed by atoms with Crippen molar-refractivity contribution in [3.05, 3.63) is 61.2 Å². The summed E-state index contributed by atoms with van der Waals surface area (Å²) in [6, 6.07) is 8.88. The van der Waals surface area contributed by atoms with Crippen molar-refractivity contribution in [3.8, 4) is 0 Å². The maximum Gasteiger partial charge on any atom is 0.312 e. The van der Waals surface area contributed by atoms with Gasteiger partial charge in [0.25, 0.3) is 0 Å². The van der Waals surface area contributed by atoms with Gasteiger partial charge in [-0.3, -0.25) is 9.59 Å². The largest absolute Gasteiger partial charge is 0.481 e. The summed E-state index contributed by atoms with van der Waals surface area (Å²) in [5.74, 6) is -2.11. The SMILES string of the molecule is C=CCC(CC=C)C(=O)NCC(C(=O)O)c1ccccc1. The first-order valence-electron chi connectivity index (χ1n) is 6.87. The Morgan fingerprint density at radius 2 is 1.71 bits per heavy atom. The van der Waals surface area contributed by atoms with Crippen LogP contribution >= 0.6 is 0 Å². The number of nitrogens with one attached hydrogen (secondary N) is 1. The molecule has 0 heterocycles. The van der Waals surface area contributed by atoms with Gasteiger partial charge < -0.3 is 10.4 Å². The Kier molecular flexibility index (Phi) is 6.95. The van der Waals surface area contributed by atoms with Crippen molar-refractivity contribution < 1.29 is 14.7 Å². The number of carbonyl (C=O) groups is 2. The van der Waals surface area contributed by atoms with Crippen LogP contribution in [0.15, 0.2) is 55.6 Å². The van der Waals surface area contributed by atoms with Gasteiger partial charge in [0, 0.05) is 12.5 Å². The molecule has 21 heavy (non-hydrogen) atoms. The average Bonchev–Trinajstić information content (AvgIpc) is 2.48. The minimum atomic E-state index is -0.953. The number of hydrogen-bond acceptors (Lipinski definition) is 2. The van der Waals surface area contributed by atoms with Gasteiger partial charge >= 0.3 is 5.97 Å².